The number of carbonyl (C=O) groups excluding carboxylic acids is 1. The van der Waals surface area contributed by atoms with E-state index in [1.807, 2.05) is 0 Å². The van der Waals surface area contributed by atoms with Crippen molar-refractivity contribution in [1.29, 1.82) is 0 Å². The first-order chi connectivity index (χ1) is 6.50. The predicted octanol–water partition coefficient (Wildman–Crippen LogP) is 1.28. The van der Waals surface area contributed by atoms with E-state index in [0.717, 1.165) is 12.1 Å². The Labute approximate surface area is 79.4 Å². The molecule has 1 atom stereocenters. The van der Waals surface area contributed by atoms with Crippen LogP contribution in [0.4, 0.5) is 14.5 Å². The largest absolute Gasteiger partial charge is 0.384 e. The van der Waals surface area contributed by atoms with Gasteiger partial charge in [0.1, 0.15) is 17.7 Å². The molecular formula is C9H9F2NO2. The highest BCUT2D eigenvalue weighted by atomic mass is 19.1. The molecule has 0 aliphatic rings. The smallest absolute Gasteiger partial charge is 0.252 e. The highest BCUT2D eigenvalue weighted by molar-refractivity contribution is 5.93. The van der Waals surface area contributed by atoms with Crippen LogP contribution in [0.25, 0.3) is 0 Å². The zero-order valence-electron chi connectivity index (χ0n) is 7.42. The molecule has 0 saturated carbocycles. The number of hydrogen-bond acceptors (Lipinski definition) is 2. The van der Waals surface area contributed by atoms with E-state index in [2.05, 4.69) is 5.32 Å². The van der Waals surface area contributed by atoms with Gasteiger partial charge in [0.25, 0.3) is 5.91 Å². The van der Waals surface area contributed by atoms with Crippen molar-refractivity contribution in [3.8, 4) is 0 Å². The van der Waals surface area contributed by atoms with Crippen molar-refractivity contribution in [3.63, 3.8) is 0 Å². The number of nitrogens with one attached hydrogen (secondary N) is 1. The number of amides is 1. The van der Waals surface area contributed by atoms with Crippen LogP contribution in [0.15, 0.2) is 18.2 Å². The second kappa shape index (κ2) is 4.15. The highest BCUT2D eigenvalue weighted by Gasteiger charge is 2.11. The fourth-order valence-corrected chi connectivity index (χ4v) is 0.828. The van der Waals surface area contributed by atoms with Crippen molar-refractivity contribution in [3.05, 3.63) is 29.8 Å². The predicted molar refractivity (Wildman–Crippen MR) is 46.7 cm³/mol. The van der Waals surface area contributed by atoms with E-state index < -0.39 is 23.6 Å². The molecule has 0 saturated heterocycles. The number of carbonyl (C=O) groups is 1. The molecule has 1 amide bonds. The Bertz CT molecular complexity index is 353. The molecule has 0 aliphatic carbocycles. The standard InChI is InChI=1S/C9H9F2NO2/c1-5(13)9(14)12-8-3-2-6(10)4-7(8)11/h2-5,13H,1H3,(H,12,14). The molecule has 3 nitrogen and oxygen atoms in total. The third-order valence-corrected chi connectivity index (χ3v) is 1.57. The zero-order valence-corrected chi connectivity index (χ0v) is 7.42. The molecule has 0 aromatic heterocycles. The van der Waals surface area contributed by atoms with Gasteiger partial charge in [-0.15, -0.1) is 0 Å². The summed E-state index contributed by atoms with van der Waals surface area (Å²) in [5, 5.41) is 10.9. The molecule has 1 aromatic rings. The van der Waals surface area contributed by atoms with E-state index in [-0.39, 0.29) is 5.69 Å². The average Bonchev–Trinajstić information content (AvgIpc) is 2.09. The summed E-state index contributed by atoms with van der Waals surface area (Å²) in [5.41, 5.74) is -0.155. The molecule has 0 spiro atoms. The molecule has 0 aliphatic heterocycles. The van der Waals surface area contributed by atoms with Crippen LogP contribution in [0.2, 0.25) is 0 Å². The monoisotopic (exact) mass is 201 g/mol. The lowest BCUT2D eigenvalue weighted by Crippen LogP contribution is -2.24. The number of benzene rings is 1. The summed E-state index contributed by atoms with van der Waals surface area (Å²) < 4.78 is 25.4. The molecule has 0 heterocycles. The van der Waals surface area contributed by atoms with Crippen LogP contribution in [0.5, 0.6) is 0 Å². The molecule has 76 valence electrons. The molecule has 5 heteroatoms. The van der Waals surface area contributed by atoms with E-state index in [1.165, 1.54) is 6.92 Å². The molecule has 1 rings (SSSR count). The second-order valence-corrected chi connectivity index (χ2v) is 2.79. The summed E-state index contributed by atoms with van der Waals surface area (Å²) >= 11 is 0. The van der Waals surface area contributed by atoms with Crippen molar-refractivity contribution >= 4 is 11.6 Å². The third-order valence-electron chi connectivity index (χ3n) is 1.57. The number of hydrogen-bond donors (Lipinski definition) is 2. The van der Waals surface area contributed by atoms with Crippen LogP contribution >= 0.6 is 0 Å². The molecule has 0 bridgehead atoms. The summed E-state index contributed by atoms with van der Waals surface area (Å²) in [4.78, 5) is 10.9. The van der Waals surface area contributed by atoms with E-state index in [0.29, 0.717) is 6.07 Å². The number of rotatable bonds is 2. The van der Waals surface area contributed by atoms with Gasteiger partial charge in [-0.2, -0.15) is 0 Å². The minimum Gasteiger partial charge on any atom is -0.384 e. The fraction of sp³-hybridized carbons (Fsp3) is 0.222. The summed E-state index contributed by atoms with van der Waals surface area (Å²) in [7, 11) is 0. The molecule has 14 heavy (non-hydrogen) atoms. The van der Waals surface area contributed by atoms with Gasteiger partial charge in [-0.3, -0.25) is 4.79 Å². The van der Waals surface area contributed by atoms with Gasteiger partial charge in [0.2, 0.25) is 0 Å². The Balaban J connectivity index is 2.82. The van der Waals surface area contributed by atoms with Crippen molar-refractivity contribution in [2.45, 2.75) is 13.0 Å². The minimum absolute atomic E-state index is 0.155. The van der Waals surface area contributed by atoms with Crippen molar-refractivity contribution < 1.29 is 18.7 Å². The Morgan fingerprint density at radius 2 is 2.14 bits per heavy atom. The molecule has 0 radical (unpaired) electrons. The first-order valence-electron chi connectivity index (χ1n) is 3.94. The van der Waals surface area contributed by atoms with Gasteiger partial charge < -0.3 is 10.4 Å². The minimum atomic E-state index is -1.24. The molecule has 0 fully saturated rings. The average molecular weight is 201 g/mol. The number of aliphatic hydroxyl groups excluding tert-OH is 1. The molecular weight excluding hydrogens is 192 g/mol. The van der Waals surface area contributed by atoms with Crippen LogP contribution < -0.4 is 5.32 Å². The Kier molecular flexibility index (Phi) is 3.14. The normalized spacial score (nSPS) is 12.3. The molecule has 1 unspecified atom stereocenters. The van der Waals surface area contributed by atoms with Crippen LogP contribution in [0.1, 0.15) is 6.92 Å². The third kappa shape index (κ3) is 2.50. The van der Waals surface area contributed by atoms with Crippen LogP contribution in [-0.4, -0.2) is 17.1 Å². The Hall–Kier alpha value is -1.49. The first-order valence-corrected chi connectivity index (χ1v) is 3.94. The van der Waals surface area contributed by atoms with Gasteiger partial charge in [-0.25, -0.2) is 8.78 Å². The maximum Gasteiger partial charge on any atom is 0.252 e. The number of aliphatic hydroxyl groups is 1. The number of anilines is 1. The van der Waals surface area contributed by atoms with Gasteiger partial charge >= 0.3 is 0 Å². The summed E-state index contributed by atoms with van der Waals surface area (Å²) in [6.45, 7) is 1.25. The van der Waals surface area contributed by atoms with Crippen molar-refractivity contribution in [2.75, 3.05) is 5.32 Å². The SMILES string of the molecule is CC(O)C(=O)Nc1ccc(F)cc1F. The second-order valence-electron chi connectivity index (χ2n) is 2.79. The molecule has 2 N–H and O–H groups in total. The van der Waals surface area contributed by atoms with E-state index in [1.54, 1.807) is 0 Å². The topological polar surface area (TPSA) is 49.3 Å². The van der Waals surface area contributed by atoms with Gasteiger partial charge in [0, 0.05) is 6.07 Å². The van der Waals surface area contributed by atoms with E-state index >= 15 is 0 Å². The lowest BCUT2D eigenvalue weighted by atomic mass is 10.3. The van der Waals surface area contributed by atoms with Gasteiger partial charge in [-0.05, 0) is 19.1 Å². The quantitative estimate of drug-likeness (QED) is 0.757. The fourth-order valence-electron chi connectivity index (χ4n) is 0.828. The van der Waals surface area contributed by atoms with E-state index in [4.69, 9.17) is 5.11 Å². The van der Waals surface area contributed by atoms with Crippen LogP contribution in [-0.2, 0) is 4.79 Å². The molecule has 1 aromatic carbocycles. The maximum absolute atomic E-state index is 12.9. The summed E-state index contributed by atoms with van der Waals surface area (Å²) in [6, 6.07) is 2.75. The highest BCUT2D eigenvalue weighted by Crippen LogP contribution is 2.14. The van der Waals surface area contributed by atoms with Gasteiger partial charge in [-0.1, -0.05) is 0 Å². The first kappa shape index (κ1) is 10.6. The number of halogens is 2. The van der Waals surface area contributed by atoms with E-state index in [9.17, 15) is 13.6 Å². The van der Waals surface area contributed by atoms with Crippen LogP contribution in [0, 0.1) is 11.6 Å². The lowest BCUT2D eigenvalue weighted by Gasteiger charge is -2.07. The van der Waals surface area contributed by atoms with Crippen molar-refractivity contribution in [2.24, 2.45) is 0 Å². The van der Waals surface area contributed by atoms with Gasteiger partial charge in [0.05, 0.1) is 5.69 Å². The summed E-state index contributed by atoms with van der Waals surface area (Å²) in [5.74, 6) is -2.34. The Morgan fingerprint density at radius 3 is 2.64 bits per heavy atom. The van der Waals surface area contributed by atoms with Crippen molar-refractivity contribution in [1.82, 2.24) is 0 Å². The van der Waals surface area contributed by atoms with Crippen LogP contribution in [0.3, 0.4) is 0 Å². The Morgan fingerprint density at radius 1 is 1.50 bits per heavy atom. The van der Waals surface area contributed by atoms with Gasteiger partial charge in [0.15, 0.2) is 0 Å². The zero-order chi connectivity index (χ0) is 10.7. The summed E-state index contributed by atoms with van der Waals surface area (Å²) in [6.07, 6.45) is -1.24. The maximum atomic E-state index is 12.9. The lowest BCUT2D eigenvalue weighted by molar-refractivity contribution is -0.123.